The molecule has 1 amide bonds. The first kappa shape index (κ1) is 13.0. The normalized spacial score (nSPS) is 9.71. The monoisotopic (exact) mass is 303 g/mol. The van der Waals surface area contributed by atoms with Gasteiger partial charge in [-0.2, -0.15) is 0 Å². The first-order valence-electron chi connectivity index (χ1n) is 4.24. The van der Waals surface area contributed by atoms with Crippen LogP contribution >= 0.6 is 15.9 Å². The lowest BCUT2D eigenvalue weighted by molar-refractivity contribution is -0.393. The number of nitrogens with one attached hydrogen (secondary N) is 1. The van der Waals surface area contributed by atoms with Gasteiger partial charge >= 0.3 is 0 Å². The number of nitro groups is 2. The van der Waals surface area contributed by atoms with Crippen LogP contribution in [0.2, 0.25) is 0 Å². The Morgan fingerprint density at radius 2 is 1.94 bits per heavy atom. The maximum atomic E-state index is 11.1. The predicted octanol–water partition coefficient (Wildman–Crippen LogP) is 1.84. The van der Waals surface area contributed by atoms with Crippen LogP contribution in [-0.4, -0.2) is 21.1 Å². The topological polar surface area (TPSA) is 115 Å². The van der Waals surface area contributed by atoms with Gasteiger partial charge in [-0.3, -0.25) is 25.0 Å². The van der Waals surface area contributed by atoms with Crippen LogP contribution < -0.4 is 5.32 Å². The zero-order chi connectivity index (χ0) is 13.0. The summed E-state index contributed by atoms with van der Waals surface area (Å²) in [6, 6.07) is 3.00. The number of hydrogen-bond acceptors (Lipinski definition) is 5. The lowest BCUT2D eigenvalue weighted by Crippen LogP contribution is -2.13. The number of rotatable bonds is 4. The Hall–Kier alpha value is -2.03. The third-order valence-corrected chi connectivity index (χ3v) is 2.29. The predicted molar refractivity (Wildman–Crippen MR) is 62.2 cm³/mol. The first-order valence-corrected chi connectivity index (χ1v) is 5.36. The molecule has 0 aliphatic carbocycles. The summed E-state index contributed by atoms with van der Waals surface area (Å²) >= 11 is 2.88. The van der Waals surface area contributed by atoms with Crippen molar-refractivity contribution in [1.82, 2.24) is 0 Å². The molecule has 0 saturated carbocycles. The fraction of sp³-hybridized carbons (Fsp3) is 0.125. The van der Waals surface area contributed by atoms with Crippen molar-refractivity contribution in [3.8, 4) is 0 Å². The summed E-state index contributed by atoms with van der Waals surface area (Å²) in [7, 11) is 0. The number of benzene rings is 1. The van der Waals surface area contributed by atoms with Gasteiger partial charge in [-0.05, 0) is 6.07 Å². The van der Waals surface area contributed by atoms with Gasteiger partial charge in [0.25, 0.3) is 11.4 Å². The van der Waals surface area contributed by atoms with Gasteiger partial charge in [0, 0.05) is 6.07 Å². The van der Waals surface area contributed by atoms with E-state index in [0.29, 0.717) is 0 Å². The van der Waals surface area contributed by atoms with E-state index >= 15 is 0 Å². The van der Waals surface area contributed by atoms with Gasteiger partial charge in [0.1, 0.15) is 5.69 Å². The maximum Gasteiger partial charge on any atom is 0.299 e. The maximum absolute atomic E-state index is 11.1. The number of halogens is 1. The molecular formula is C8H6BrN3O5. The van der Waals surface area contributed by atoms with Crippen molar-refractivity contribution < 1.29 is 14.6 Å². The lowest BCUT2D eigenvalue weighted by Gasteiger charge is -2.03. The second-order valence-corrected chi connectivity index (χ2v) is 3.46. The van der Waals surface area contributed by atoms with Crippen molar-refractivity contribution in [3.63, 3.8) is 0 Å². The highest BCUT2D eigenvalue weighted by atomic mass is 79.9. The zero-order valence-corrected chi connectivity index (χ0v) is 9.84. The number of alkyl halides is 1. The molecule has 0 heterocycles. The van der Waals surface area contributed by atoms with Gasteiger partial charge in [-0.15, -0.1) is 0 Å². The van der Waals surface area contributed by atoms with E-state index in [9.17, 15) is 25.0 Å². The molecule has 0 spiro atoms. The number of nitrogens with zero attached hydrogens (tertiary/aromatic N) is 2. The molecule has 0 unspecified atom stereocenters. The standard InChI is InChI=1S/C8H6BrN3O5/c9-4-8(13)10-6-2-1-5(11(14)15)3-7(6)12(16)17/h1-3H,4H2,(H,10,13). The van der Waals surface area contributed by atoms with Crippen molar-refractivity contribution in [2.24, 2.45) is 0 Å². The fourth-order valence-electron chi connectivity index (χ4n) is 1.07. The molecular weight excluding hydrogens is 298 g/mol. The molecule has 90 valence electrons. The third kappa shape index (κ3) is 3.21. The van der Waals surface area contributed by atoms with Gasteiger partial charge < -0.3 is 5.32 Å². The highest BCUT2D eigenvalue weighted by Gasteiger charge is 2.20. The zero-order valence-electron chi connectivity index (χ0n) is 8.25. The summed E-state index contributed by atoms with van der Waals surface area (Å²) in [5.74, 6) is -0.484. The molecule has 0 aliphatic rings. The number of hydrogen-bond donors (Lipinski definition) is 1. The quantitative estimate of drug-likeness (QED) is 0.517. The van der Waals surface area contributed by atoms with E-state index in [1.54, 1.807) is 0 Å². The van der Waals surface area contributed by atoms with Crippen LogP contribution in [0.3, 0.4) is 0 Å². The van der Waals surface area contributed by atoms with E-state index in [-0.39, 0.29) is 11.0 Å². The molecule has 0 saturated heterocycles. The van der Waals surface area contributed by atoms with Gasteiger partial charge in [-0.25, -0.2) is 0 Å². The van der Waals surface area contributed by atoms with Gasteiger partial charge in [0.15, 0.2) is 0 Å². The molecule has 0 radical (unpaired) electrons. The van der Waals surface area contributed by atoms with Crippen molar-refractivity contribution >= 4 is 38.9 Å². The van der Waals surface area contributed by atoms with Crippen molar-refractivity contribution in [3.05, 3.63) is 38.4 Å². The third-order valence-electron chi connectivity index (χ3n) is 1.78. The average molecular weight is 304 g/mol. The van der Waals surface area contributed by atoms with Crippen LogP contribution in [0.1, 0.15) is 0 Å². The van der Waals surface area contributed by atoms with Crippen LogP contribution in [0.25, 0.3) is 0 Å². The van der Waals surface area contributed by atoms with Gasteiger partial charge in [-0.1, -0.05) is 15.9 Å². The van der Waals surface area contributed by atoms with Crippen molar-refractivity contribution in [1.29, 1.82) is 0 Å². The molecule has 1 aromatic carbocycles. The number of non-ortho nitro benzene ring substituents is 1. The molecule has 9 heteroatoms. The Kier molecular flexibility index (Phi) is 4.10. The lowest BCUT2D eigenvalue weighted by atomic mass is 10.2. The minimum absolute atomic E-state index is 0.0266. The Morgan fingerprint density at radius 3 is 2.41 bits per heavy atom. The number of anilines is 1. The number of nitro benzene ring substituents is 2. The molecule has 0 aromatic heterocycles. The van der Waals surface area contributed by atoms with Crippen LogP contribution in [0.15, 0.2) is 18.2 Å². The molecule has 1 aromatic rings. The average Bonchev–Trinajstić information content (AvgIpc) is 2.28. The van der Waals surface area contributed by atoms with Crippen LogP contribution in [0, 0.1) is 20.2 Å². The molecule has 1 N–H and O–H groups in total. The van der Waals surface area contributed by atoms with Crippen LogP contribution in [-0.2, 0) is 4.79 Å². The van der Waals surface area contributed by atoms with E-state index in [1.807, 2.05) is 0 Å². The number of carbonyl (C=O) groups excluding carboxylic acids is 1. The molecule has 0 bridgehead atoms. The molecule has 1 rings (SSSR count). The summed E-state index contributed by atoms with van der Waals surface area (Å²) in [4.78, 5) is 30.7. The SMILES string of the molecule is O=C(CBr)Nc1ccc([N+](=O)[O-])cc1[N+](=O)[O-]. The second-order valence-electron chi connectivity index (χ2n) is 2.90. The van der Waals surface area contributed by atoms with Gasteiger partial charge in [0.05, 0.1) is 21.2 Å². The highest BCUT2D eigenvalue weighted by molar-refractivity contribution is 9.09. The van der Waals surface area contributed by atoms with Crippen molar-refractivity contribution in [2.45, 2.75) is 0 Å². The van der Waals surface area contributed by atoms with E-state index in [1.165, 1.54) is 0 Å². The van der Waals surface area contributed by atoms with E-state index in [2.05, 4.69) is 21.2 Å². The summed E-state index contributed by atoms with van der Waals surface area (Å²) < 4.78 is 0. The van der Waals surface area contributed by atoms with Gasteiger partial charge in [0.2, 0.25) is 5.91 Å². The molecule has 0 aliphatic heterocycles. The van der Waals surface area contributed by atoms with E-state index in [0.717, 1.165) is 18.2 Å². The molecule has 0 atom stereocenters. The number of carbonyl (C=O) groups is 1. The minimum atomic E-state index is -0.795. The molecule has 0 fully saturated rings. The Bertz CT molecular complexity index is 490. The fourth-order valence-corrected chi connectivity index (χ4v) is 1.21. The first-order chi connectivity index (χ1) is 7.95. The van der Waals surface area contributed by atoms with Crippen LogP contribution in [0.5, 0.6) is 0 Å². The summed E-state index contributed by atoms with van der Waals surface area (Å²) in [5, 5.41) is 23.4. The van der Waals surface area contributed by atoms with Crippen LogP contribution in [0.4, 0.5) is 17.1 Å². The molecule has 17 heavy (non-hydrogen) atoms. The van der Waals surface area contributed by atoms with E-state index in [4.69, 9.17) is 0 Å². The Labute approximate surface area is 103 Å². The number of amides is 1. The Morgan fingerprint density at radius 1 is 1.29 bits per heavy atom. The second kappa shape index (κ2) is 5.34. The highest BCUT2D eigenvalue weighted by Crippen LogP contribution is 2.28. The smallest absolute Gasteiger partial charge is 0.299 e. The minimum Gasteiger partial charge on any atom is -0.320 e. The summed E-state index contributed by atoms with van der Waals surface area (Å²) in [5.41, 5.74) is -1.01. The van der Waals surface area contributed by atoms with E-state index < -0.39 is 27.1 Å². The summed E-state index contributed by atoms with van der Waals surface area (Å²) in [6.07, 6.45) is 0. The summed E-state index contributed by atoms with van der Waals surface area (Å²) in [6.45, 7) is 0. The Balaban J connectivity index is 3.17. The van der Waals surface area contributed by atoms with Crippen molar-refractivity contribution in [2.75, 3.05) is 10.6 Å². The molecule has 8 nitrogen and oxygen atoms in total. The largest absolute Gasteiger partial charge is 0.320 e.